The first-order chi connectivity index (χ1) is 18.4. The largest absolute Gasteiger partial charge is 0.457 e. The monoisotopic (exact) mass is 561 g/mol. The van der Waals surface area contributed by atoms with Crippen molar-refractivity contribution in [1.29, 1.82) is 0 Å². The zero-order chi connectivity index (χ0) is 26.6. The Bertz CT molecular complexity index is 1650. The maximum absolute atomic E-state index is 12.4. The molecule has 0 saturated carbocycles. The summed E-state index contributed by atoms with van der Waals surface area (Å²) in [5.74, 6) is 0.661. The maximum atomic E-state index is 12.4. The van der Waals surface area contributed by atoms with Crippen molar-refractivity contribution in [2.24, 2.45) is 0 Å². The smallest absolute Gasteiger partial charge is 0.250 e. The van der Waals surface area contributed by atoms with Gasteiger partial charge in [-0.25, -0.2) is 0 Å². The fourth-order valence-electron chi connectivity index (χ4n) is 3.74. The van der Waals surface area contributed by atoms with E-state index in [1.807, 2.05) is 30.3 Å². The molecular weight excluding hydrogens is 541 g/mol. The van der Waals surface area contributed by atoms with Crippen molar-refractivity contribution >= 4 is 69.2 Å². The van der Waals surface area contributed by atoms with Gasteiger partial charge < -0.3 is 9.73 Å². The van der Waals surface area contributed by atoms with Gasteiger partial charge in [0.1, 0.15) is 22.6 Å². The van der Waals surface area contributed by atoms with Gasteiger partial charge >= 0.3 is 0 Å². The van der Waals surface area contributed by atoms with E-state index in [0.717, 1.165) is 23.2 Å². The Kier molecular flexibility index (Phi) is 7.55. The highest BCUT2D eigenvalue weighted by Crippen LogP contribution is 2.29. The first kappa shape index (κ1) is 25.7. The summed E-state index contributed by atoms with van der Waals surface area (Å²) in [5, 5.41) is 15.9. The number of anilines is 1. The van der Waals surface area contributed by atoms with E-state index in [4.69, 9.17) is 39.8 Å². The molecule has 3 aromatic carbocycles. The minimum absolute atomic E-state index is 0.148. The molecule has 2 heterocycles. The van der Waals surface area contributed by atoms with Gasteiger partial charge in [-0.05, 0) is 90.9 Å². The van der Waals surface area contributed by atoms with Crippen molar-refractivity contribution in [3.63, 3.8) is 0 Å². The molecule has 0 aliphatic heterocycles. The molecule has 0 radical (unpaired) electrons. The van der Waals surface area contributed by atoms with Gasteiger partial charge in [-0.1, -0.05) is 42.3 Å². The zero-order valence-electron chi connectivity index (χ0n) is 20.1. The second-order valence-corrected chi connectivity index (χ2v) is 9.63. The van der Waals surface area contributed by atoms with Crippen LogP contribution in [-0.4, -0.2) is 26.0 Å². The van der Waals surface area contributed by atoms with Crippen molar-refractivity contribution in [2.75, 3.05) is 5.32 Å². The molecule has 38 heavy (non-hydrogen) atoms. The highest BCUT2D eigenvalue weighted by atomic mass is 35.5. The lowest BCUT2D eigenvalue weighted by Crippen LogP contribution is -2.32. The van der Waals surface area contributed by atoms with Crippen LogP contribution in [0.2, 0.25) is 10.0 Å². The molecule has 2 N–H and O–H groups in total. The molecule has 0 bridgehead atoms. The topological polar surface area (TPSA) is 85.0 Å². The Labute approximate surface area is 234 Å². The van der Waals surface area contributed by atoms with E-state index < -0.39 is 5.91 Å². The number of furan rings is 1. The number of nitrogens with zero attached hydrogens (tertiary/aromatic N) is 3. The van der Waals surface area contributed by atoms with E-state index in [9.17, 15) is 4.79 Å². The summed E-state index contributed by atoms with van der Waals surface area (Å²) in [7, 11) is 0. The van der Waals surface area contributed by atoms with E-state index in [1.165, 1.54) is 11.6 Å². The molecule has 190 valence electrons. The van der Waals surface area contributed by atoms with Gasteiger partial charge in [0.25, 0.3) is 0 Å². The van der Waals surface area contributed by atoms with Crippen LogP contribution in [0.5, 0.6) is 0 Å². The lowest BCUT2D eigenvalue weighted by molar-refractivity contribution is -0.115. The lowest BCUT2D eigenvalue weighted by atomic mass is 10.2. The van der Waals surface area contributed by atoms with Crippen molar-refractivity contribution in [3.05, 3.63) is 100 Å². The summed E-state index contributed by atoms with van der Waals surface area (Å²) in [5.41, 5.74) is 4.98. The van der Waals surface area contributed by atoms with Gasteiger partial charge in [-0.3, -0.25) is 10.1 Å². The molecule has 5 aromatic rings. The predicted octanol–water partition coefficient (Wildman–Crippen LogP) is 7.08. The van der Waals surface area contributed by atoms with Crippen LogP contribution in [0.3, 0.4) is 0 Å². The zero-order valence-corrected chi connectivity index (χ0v) is 22.4. The predicted molar refractivity (Wildman–Crippen MR) is 156 cm³/mol. The Morgan fingerprint density at radius 3 is 2.45 bits per heavy atom. The number of aromatic nitrogens is 3. The standard InChI is InChI=1S/C28H21Cl2N5O2S/c1-2-17-3-6-22(7-4-17)35-33-24-10-5-21(16-25(24)34-35)31-28(38)32-27(36)12-9-23-8-11-26(37-23)18-13-19(29)15-20(30)14-18/h3-16H,2H2,1H3,(H2,31,32,36,38)/b12-9+. The number of fused-ring (bicyclic) bond motifs is 1. The summed E-state index contributed by atoms with van der Waals surface area (Å²) in [6, 6.07) is 22.2. The number of thiocarbonyl (C=S) groups is 1. The fourth-order valence-corrected chi connectivity index (χ4v) is 4.48. The summed E-state index contributed by atoms with van der Waals surface area (Å²) in [6.45, 7) is 2.11. The summed E-state index contributed by atoms with van der Waals surface area (Å²) < 4.78 is 5.77. The van der Waals surface area contributed by atoms with Crippen LogP contribution in [0.25, 0.3) is 34.1 Å². The second kappa shape index (κ2) is 11.2. The number of benzene rings is 3. The molecule has 5 rings (SSSR count). The molecule has 0 aliphatic carbocycles. The number of halogens is 2. The Morgan fingerprint density at radius 2 is 1.71 bits per heavy atom. The van der Waals surface area contributed by atoms with Crippen LogP contribution in [0.15, 0.2) is 83.3 Å². The van der Waals surface area contributed by atoms with Gasteiger partial charge in [0, 0.05) is 27.4 Å². The third-order valence-electron chi connectivity index (χ3n) is 5.62. The van der Waals surface area contributed by atoms with Gasteiger partial charge in [0.15, 0.2) is 5.11 Å². The average molecular weight is 562 g/mol. The Balaban J connectivity index is 1.20. The van der Waals surface area contributed by atoms with Gasteiger partial charge in [0.2, 0.25) is 5.91 Å². The first-order valence-electron chi connectivity index (χ1n) is 11.7. The molecule has 0 spiro atoms. The number of amides is 1. The highest BCUT2D eigenvalue weighted by Gasteiger charge is 2.09. The van der Waals surface area contributed by atoms with E-state index in [-0.39, 0.29) is 5.11 Å². The third-order valence-corrected chi connectivity index (χ3v) is 6.26. The van der Waals surface area contributed by atoms with Gasteiger partial charge in [-0.2, -0.15) is 4.80 Å². The molecule has 0 unspecified atom stereocenters. The summed E-state index contributed by atoms with van der Waals surface area (Å²) >= 11 is 17.4. The number of rotatable bonds is 6. The van der Waals surface area contributed by atoms with E-state index in [0.29, 0.717) is 32.8 Å². The minimum Gasteiger partial charge on any atom is -0.457 e. The SMILES string of the molecule is CCc1ccc(-n2nc3ccc(NC(=S)NC(=O)/C=C/c4ccc(-c5cc(Cl)cc(Cl)c5)o4)cc3n2)cc1. The number of hydrogen-bond acceptors (Lipinski definition) is 5. The number of carbonyl (C=O) groups excluding carboxylic acids is 1. The molecule has 1 amide bonds. The van der Waals surface area contributed by atoms with Crippen LogP contribution in [0.1, 0.15) is 18.2 Å². The normalized spacial score (nSPS) is 11.2. The Hall–Kier alpha value is -3.98. The molecule has 10 heteroatoms. The van der Waals surface area contributed by atoms with Crippen LogP contribution in [-0.2, 0) is 11.2 Å². The maximum Gasteiger partial charge on any atom is 0.250 e. The van der Waals surface area contributed by atoms with Crippen LogP contribution in [0, 0.1) is 0 Å². The third kappa shape index (κ3) is 6.11. The minimum atomic E-state index is -0.409. The molecule has 0 saturated heterocycles. The fraction of sp³-hybridized carbons (Fsp3) is 0.0714. The van der Waals surface area contributed by atoms with Crippen LogP contribution < -0.4 is 10.6 Å². The number of carbonyl (C=O) groups is 1. The average Bonchev–Trinajstić information content (AvgIpc) is 3.54. The van der Waals surface area contributed by atoms with Gasteiger partial charge in [0.05, 0.1) is 5.69 Å². The van der Waals surface area contributed by atoms with Crippen molar-refractivity contribution in [3.8, 4) is 17.0 Å². The van der Waals surface area contributed by atoms with Crippen LogP contribution >= 0.6 is 35.4 Å². The molecule has 0 atom stereocenters. The molecule has 0 aliphatic rings. The summed E-state index contributed by atoms with van der Waals surface area (Å²) in [6.07, 6.45) is 3.85. The number of aryl methyl sites for hydroxylation is 1. The molecule has 2 aromatic heterocycles. The molecular formula is C28H21Cl2N5O2S. The number of hydrogen-bond donors (Lipinski definition) is 2. The van der Waals surface area contributed by atoms with Gasteiger partial charge in [-0.15, -0.1) is 10.2 Å². The van der Waals surface area contributed by atoms with Crippen molar-refractivity contribution in [1.82, 2.24) is 20.3 Å². The first-order valence-corrected chi connectivity index (χ1v) is 12.9. The van der Waals surface area contributed by atoms with Crippen LogP contribution in [0.4, 0.5) is 5.69 Å². The Morgan fingerprint density at radius 1 is 0.974 bits per heavy atom. The second-order valence-electron chi connectivity index (χ2n) is 8.35. The summed E-state index contributed by atoms with van der Waals surface area (Å²) in [4.78, 5) is 14.0. The van der Waals surface area contributed by atoms with E-state index in [2.05, 4.69) is 39.9 Å². The van der Waals surface area contributed by atoms with E-state index in [1.54, 1.807) is 41.2 Å². The molecule has 0 fully saturated rings. The lowest BCUT2D eigenvalue weighted by Gasteiger charge is -2.07. The number of nitrogens with one attached hydrogen (secondary N) is 2. The molecule has 7 nitrogen and oxygen atoms in total. The van der Waals surface area contributed by atoms with Crippen molar-refractivity contribution < 1.29 is 9.21 Å². The quantitative estimate of drug-likeness (QED) is 0.170. The highest BCUT2D eigenvalue weighted by molar-refractivity contribution is 7.80. The van der Waals surface area contributed by atoms with Crippen molar-refractivity contribution in [2.45, 2.75) is 13.3 Å². The van der Waals surface area contributed by atoms with E-state index >= 15 is 0 Å².